The molecule has 2 aromatic rings. The van der Waals surface area contributed by atoms with Crippen LogP contribution in [0, 0.1) is 48.8 Å². The number of hydrogen-bond acceptors (Lipinski definition) is 0. The summed E-state index contributed by atoms with van der Waals surface area (Å²) in [6, 6.07) is 2.07. The van der Waals surface area contributed by atoms with E-state index in [1.807, 2.05) is 0 Å². The Morgan fingerprint density at radius 2 is 1.19 bits per heavy atom. The predicted octanol–water partition coefficient (Wildman–Crippen LogP) is 2.53. The summed E-state index contributed by atoms with van der Waals surface area (Å²) in [6.07, 6.45) is 0. The molecule has 0 spiro atoms. The Kier molecular flexibility index (Phi) is 4.03. The van der Waals surface area contributed by atoms with Crippen molar-refractivity contribution in [2.75, 3.05) is 0 Å². The van der Waals surface area contributed by atoms with Crippen molar-refractivity contribution < 1.29 is 26.3 Å². The van der Waals surface area contributed by atoms with Crippen molar-refractivity contribution in [2.45, 2.75) is 13.8 Å². The number of hydrogen-bond donors (Lipinski definition) is 0. The highest BCUT2D eigenvalue weighted by Gasteiger charge is 2.25. The van der Waals surface area contributed by atoms with Gasteiger partial charge in [-0.25, -0.2) is 26.3 Å². The van der Waals surface area contributed by atoms with E-state index in [9.17, 15) is 26.3 Å². The maximum Gasteiger partial charge on any atom is 0.208 e. The second kappa shape index (κ2) is 5.46. The normalized spacial score (nSPS) is 10.9. The van der Waals surface area contributed by atoms with Gasteiger partial charge in [-0.3, -0.25) is 0 Å². The molecule has 0 unspecified atom stereocenters. The molecule has 2 rings (SSSR count). The van der Waals surface area contributed by atoms with Crippen molar-refractivity contribution in [3.8, 4) is 0 Å². The molecule has 0 saturated heterocycles. The molecule has 0 saturated carbocycles. The topological polar surface area (TPSA) is 0 Å². The molecule has 0 aliphatic rings. The maximum absolute atomic E-state index is 13.8. The summed E-state index contributed by atoms with van der Waals surface area (Å²) in [5.74, 6) is -8.48. The van der Waals surface area contributed by atoms with E-state index in [1.165, 1.54) is 6.92 Å². The molecule has 0 aliphatic heterocycles. The summed E-state index contributed by atoms with van der Waals surface area (Å²) >= 11 is 0. The van der Waals surface area contributed by atoms with Crippen molar-refractivity contribution in [2.24, 2.45) is 0 Å². The first-order valence-corrected chi connectivity index (χ1v) is 6.00. The Balaban J connectivity index is 2.64. The Bertz CT molecular complexity index is 697. The number of aryl methyl sites for hydroxylation is 1. The third-order valence-electron chi connectivity index (χ3n) is 3.31. The minimum absolute atomic E-state index is 0.0558. The van der Waals surface area contributed by atoms with Crippen LogP contribution in [0.25, 0.3) is 0 Å². The van der Waals surface area contributed by atoms with Crippen LogP contribution in [0.15, 0.2) is 12.1 Å². The molecule has 0 aliphatic carbocycles. The fraction of sp³-hybridized carbons (Fsp3) is 0.143. The first kappa shape index (κ1) is 15.5. The van der Waals surface area contributed by atoms with Crippen molar-refractivity contribution in [1.29, 1.82) is 0 Å². The summed E-state index contributed by atoms with van der Waals surface area (Å²) in [5.41, 5.74) is -2.45. The molecule has 0 heterocycles. The van der Waals surface area contributed by atoms with Gasteiger partial charge in [0.15, 0.2) is 23.3 Å². The first-order valence-electron chi connectivity index (χ1n) is 6.00. The van der Waals surface area contributed by atoms with Crippen molar-refractivity contribution in [3.63, 3.8) is 0 Å². The Morgan fingerprint density at radius 3 is 1.71 bits per heavy atom. The SMILES string of the molecule is Cc1ccc(F)c(Bc2c(F)c(F)c(C)c(F)c2F)c1F. The highest BCUT2D eigenvalue weighted by Crippen LogP contribution is 2.16. The van der Waals surface area contributed by atoms with E-state index in [-0.39, 0.29) is 5.56 Å². The molecule has 0 N–H and O–H groups in total. The van der Waals surface area contributed by atoms with E-state index in [1.54, 1.807) is 0 Å². The van der Waals surface area contributed by atoms with Gasteiger partial charge in [0.1, 0.15) is 11.6 Å². The Hall–Kier alpha value is -1.92. The van der Waals surface area contributed by atoms with Gasteiger partial charge >= 0.3 is 0 Å². The summed E-state index contributed by atoms with van der Waals surface area (Å²) in [5, 5.41) is 0. The zero-order valence-electron chi connectivity index (χ0n) is 11.1. The molecule has 0 bridgehead atoms. The zero-order valence-corrected chi connectivity index (χ0v) is 11.1. The maximum atomic E-state index is 13.8. The van der Waals surface area contributed by atoms with E-state index < -0.39 is 58.7 Å². The Morgan fingerprint density at radius 1 is 0.667 bits per heavy atom. The third kappa shape index (κ3) is 2.52. The number of rotatable bonds is 2. The fourth-order valence-electron chi connectivity index (χ4n) is 2.00. The van der Waals surface area contributed by atoms with Crippen molar-refractivity contribution in [1.82, 2.24) is 0 Å². The molecule has 7 heteroatoms. The monoisotopic (exact) mass is 302 g/mol. The lowest BCUT2D eigenvalue weighted by Gasteiger charge is -2.11. The molecular weight excluding hydrogens is 293 g/mol. The molecular formula is C14H9BF6. The largest absolute Gasteiger partial charge is 0.208 e. The molecule has 2 aromatic carbocycles. The van der Waals surface area contributed by atoms with Gasteiger partial charge in [-0.1, -0.05) is 6.07 Å². The molecule has 0 radical (unpaired) electrons. The van der Waals surface area contributed by atoms with Gasteiger partial charge in [-0.15, -0.1) is 0 Å². The lowest BCUT2D eigenvalue weighted by molar-refractivity contribution is 0.454. The molecule has 21 heavy (non-hydrogen) atoms. The van der Waals surface area contributed by atoms with E-state index >= 15 is 0 Å². The number of halogens is 6. The van der Waals surface area contributed by atoms with Gasteiger partial charge < -0.3 is 0 Å². The predicted molar refractivity (Wildman–Crippen MR) is 68.5 cm³/mol. The summed E-state index contributed by atoms with van der Waals surface area (Å²) in [7, 11) is -0.925. The van der Waals surface area contributed by atoms with Crippen LogP contribution in [0.4, 0.5) is 26.3 Å². The van der Waals surface area contributed by atoms with E-state index in [2.05, 4.69) is 0 Å². The second-order valence-corrected chi connectivity index (χ2v) is 4.69. The van der Waals surface area contributed by atoms with Gasteiger partial charge in [0.05, 0.1) is 0 Å². The van der Waals surface area contributed by atoms with E-state index in [4.69, 9.17) is 0 Å². The minimum atomic E-state index is -1.65. The highest BCUT2D eigenvalue weighted by molar-refractivity contribution is 6.67. The average Bonchev–Trinajstić information content (AvgIpc) is 2.46. The van der Waals surface area contributed by atoms with Crippen LogP contribution in [0.2, 0.25) is 0 Å². The van der Waals surface area contributed by atoms with Gasteiger partial charge in [0.2, 0.25) is 7.28 Å². The van der Waals surface area contributed by atoms with Crippen molar-refractivity contribution in [3.05, 3.63) is 58.2 Å². The zero-order chi connectivity index (χ0) is 15.9. The quantitative estimate of drug-likeness (QED) is 0.454. The molecule has 110 valence electrons. The lowest BCUT2D eigenvalue weighted by Crippen LogP contribution is -2.38. The summed E-state index contributed by atoms with van der Waals surface area (Å²) in [6.45, 7) is 2.20. The molecule has 0 nitrogen and oxygen atoms in total. The highest BCUT2D eigenvalue weighted by atomic mass is 19.2. The van der Waals surface area contributed by atoms with Gasteiger partial charge in [0.25, 0.3) is 0 Å². The van der Waals surface area contributed by atoms with Gasteiger partial charge in [-0.05, 0) is 36.4 Å². The standard InChI is InChI=1S/C14H9BF6/c1-5-3-4-7(16)8(10(5)17)15-9-13(20)11(18)6(2)12(19)14(9)21/h3-4,15H,1-2H3. The second-order valence-electron chi connectivity index (χ2n) is 4.69. The number of benzene rings is 2. The average molecular weight is 302 g/mol. The molecule has 0 fully saturated rings. The minimum Gasteiger partial charge on any atom is -0.207 e. The summed E-state index contributed by atoms with van der Waals surface area (Å²) < 4.78 is 81.8. The lowest BCUT2D eigenvalue weighted by atomic mass is 9.62. The van der Waals surface area contributed by atoms with Crippen LogP contribution in [0.3, 0.4) is 0 Å². The van der Waals surface area contributed by atoms with Crippen LogP contribution >= 0.6 is 0 Å². The molecule has 0 atom stereocenters. The van der Waals surface area contributed by atoms with Crippen LogP contribution in [-0.4, -0.2) is 7.28 Å². The molecule has 0 aromatic heterocycles. The van der Waals surface area contributed by atoms with Crippen LogP contribution in [0.1, 0.15) is 11.1 Å². The van der Waals surface area contributed by atoms with Crippen LogP contribution in [0.5, 0.6) is 0 Å². The molecule has 0 amide bonds. The third-order valence-corrected chi connectivity index (χ3v) is 3.31. The fourth-order valence-corrected chi connectivity index (χ4v) is 2.00. The van der Waals surface area contributed by atoms with Crippen molar-refractivity contribution >= 4 is 18.2 Å². The van der Waals surface area contributed by atoms with Gasteiger partial charge in [0, 0.05) is 5.56 Å². The van der Waals surface area contributed by atoms with E-state index in [0.717, 1.165) is 19.1 Å². The van der Waals surface area contributed by atoms with Crippen LogP contribution in [-0.2, 0) is 0 Å². The first-order chi connectivity index (χ1) is 9.75. The van der Waals surface area contributed by atoms with Crippen LogP contribution < -0.4 is 10.9 Å². The summed E-state index contributed by atoms with van der Waals surface area (Å²) in [4.78, 5) is 0. The smallest absolute Gasteiger partial charge is 0.207 e. The Labute approximate surface area is 117 Å². The van der Waals surface area contributed by atoms with E-state index in [0.29, 0.717) is 0 Å². The van der Waals surface area contributed by atoms with Gasteiger partial charge in [-0.2, -0.15) is 0 Å².